The van der Waals surface area contributed by atoms with E-state index in [0.29, 0.717) is 18.2 Å². The Morgan fingerprint density at radius 1 is 1.23 bits per heavy atom. The van der Waals surface area contributed by atoms with Crippen LogP contribution in [0, 0.1) is 5.92 Å². The number of carbonyl (C=O) groups excluding carboxylic acids is 1. The average molecular weight is 568 g/mol. The van der Waals surface area contributed by atoms with E-state index in [2.05, 4.69) is 37.0 Å². The summed E-state index contributed by atoms with van der Waals surface area (Å²) in [6.45, 7) is 13.6. The lowest BCUT2D eigenvalue weighted by atomic mass is 9.83. The number of ether oxygens (including phenoxy) is 2. The highest BCUT2D eigenvalue weighted by Gasteiger charge is 2.30. The number of halogens is 1. The molecule has 3 aromatic rings. The van der Waals surface area contributed by atoms with Gasteiger partial charge >= 0.3 is 0 Å². The van der Waals surface area contributed by atoms with Crippen LogP contribution < -0.4 is 15.2 Å². The predicted molar refractivity (Wildman–Crippen MR) is 167 cm³/mol. The Bertz CT molecular complexity index is 1250. The van der Waals surface area contributed by atoms with E-state index in [-0.39, 0.29) is 17.6 Å². The van der Waals surface area contributed by atoms with Gasteiger partial charge in [-0.15, -0.1) is 0 Å². The molecule has 0 bridgehead atoms. The number of H-pyrrole nitrogens is 1. The van der Waals surface area contributed by atoms with Crippen molar-refractivity contribution in [2.75, 3.05) is 20.3 Å². The van der Waals surface area contributed by atoms with Gasteiger partial charge < -0.3 is 15.2 Å². The standard InChI is InChI=1S/C26H27ClN2O3.C5H13N.C2H6/c1-5-20(25(30)18-10-17-11-19(31-4)7-9-24(17)32-14-18)21-8-6-16(12-22(21)15(2)3)23-13-28-29-26(23)27;1-2-3-4-5-6;1-2/h5-9,11-13,15,18H,10,14H2,1-4H3,(H,28,29);2-6H2,1H3;1-2H3/b20-5+;;. The van der Waals surface area contributed by atoms with Crippen molar-refractivity contribution in [3.63, 3.8) is 0 Å². The first-order chi connectivity index (χ1) is 19.3. The number of unbranched alkanes of at least 4 members (excludes halogenated alkanes) is 2. The SMILES string of the molecule is C/C=C(/C(=O)C1COc2ccc(OC)cc2C1)c1ccc(-c2cn[nH]c2Cl)cc1C(C)C.CC.CCCCCN. The maximum atomic E-state index is 13.6. The number of hydrogen-bond donors (Lipinski definition) is 2. The zero-order chi connectivity index (χ0) is 29.7. The molecule has 1 aliphatic rings. The van der Waals surface area contributed by atoms with Crippen molar-refractivity contribution >= 4 is 23.0 Å². The van der Waals surface area contributed by atoms with Crippen molar-refractivity contribution in [2.24, 2.45) is 11.7 Å². The summed E-state index contributed by atoms with van der Waals surface area (Å²) in [4.78, 5) is 13.6. The minimum absolute atomic E-state index is 0.0944. The minimum Gasteiger partial charge on any atom is -0.497 e. The molecule has 6 nitrogen and oxygen atoms in total. The van der Waals surface area contributed by atoms with Gasteiger partial charge in [-0.25, -0.2) is 0 Å². The average Bonchev–Trinajstić information content (AvgIpc) is 3.42. The Hall–Kier alpha value is -3.09. The van der Waals surface area contributed by atoms with Gasteiger partial charge in [-0.3, -0.25) is 9.89 Å². The second kappa shape index (κ2) is 16.9. The van der Waals surface area contributed by atoms with Crippen LogP contribution in [0.3, 0.4) is 0 Å². The summed E-state index contributed by atoms with van der Waals surface area (Å²) in [6, 6.07) is 11.8. The number of aromatic nitrogens is 2. The van der Waals surface area contributed by atoms with Crippen LogP contribution in [-0.2, 0) is 11.2 Å². The number of ketones is 1. The van der Waals surface area contributed by atoms with E-state index >= 15 is 0 Å². The van der Waals surface area contributed by atoms with Crippen molar-refractivity contribution in [1.29, 1.82) is 0 Å². The van der Waals surface area contributed by atoms with Crippen LogP contribution in [0.1, 0.15) is 83.4 Å². The summed E-state index contributed by atoms with van der Waals surface area (Å²) in [7, 11) is 1.64. The van der Waals surface area contributed by atoms with Gasteiger partial charge in [0.25, 0.3) is 0 Å². The highest BCUT2D eigenvalue weighted by molar-refractivity contribution is 6.32. The Morgan fingerprint density at radius 2 is 1.98 bits per heavy atom. The van der Waals surface area contributed by atoms with Gasteiger partial charge in [0, 0.05) is 11.1 Å². The van der Waals surface area contributed by atoms with Crippen LogP contribution in [0.25, 0.3) is 16.7 Å². The van der Waals surface area contributed by atoms with Crippen LogP contribution in [0.15, 0.2) is 48.7 Å². The summed E-state index contributed by atoms with van der Waals surface area (Å²) in [5, 5.41) is 7.29. The minimum atomic E-state index is -0.246. The number of rotatable bonds is 9. The van der Waals surface area contributed by atoms with Crippen LogP contribution >= 0.6 is 11.6 Å². The molecule has 3 N–H and O–H groups in total. The monoisotopic (exact) mass is 567 g/mol. The second-order valence-electron chi connectivity index (χ2n) is 9.80. The molecule has 0 radical (unpaired) electrons. The van der Waals surface area contributed by atoms with Crippen LogP contribution in [0.2, 0.25) is 5.15 Å². The topological polar surface area (TPSA) is 90.2 Å². The van der Waals surface area contributed by atoms with Crippen molar-refractivity contribution in [3.05, 3.63) is 70.5 Å². The first-order valence-electron chi connectivity index (χ1n) is 14.4. The molecule has 1 aliphatic heterocycles. The van der Waals surface area contributed by atoms with E-state index in [1.165, 1.54) is 19.3 Å². The van der Waals surface area contributed by atoms with Gasteiger partial charge in [-0.05, 0) is 72.7 Å². The lowest BCUT2D eigenvalue weighted by Crippen LogP contribution is -2.29. The van der Waals surface area contributed by atoms with Gasteiger partial charge in [0.15, 0.2) is 5.78 Å². The molecule has 218 valence electrons. The van der Waals surface area contributed by atoms with Crippen molar-refractivity contribution in [2.45, 2.75) is 73.1 Å². The molecule has 1 aromatic heterocycles. The van der Waals surface area contributed by atoms with Gasteiger partial charge in [-0.2, -0.15) is 5.10 Å². The zero-order valence-electron chi connectivity index (χ0n) is 25.1. The summed E-state index contributed by atoms with van der Waals surface area (Å²) >= 11 is 6.24. The fourth-order valence-electron chi connectivity index (χ4n) is 4.64. The number of benzene rings is 2. The molecule has 7 heteroatoms. The molecule has 2 heterocycles. The Kier molecular flexibility index (Phi) is 14.0. The number of methoxy groups -OCH3 is 1. The van der Waals surface area contributed by atoms with E-state index < -0.39 is 0 Å². The molecule has 1 atom stereocenters. The third-order valence-corrected chi connectivity index (χ3v) is 7.06. The predicted octanol–water partition coefficient (Wildman–Crippen LogP) is 8.25. The number of nitrogens with one attached hydrogen (secondary N) is 1. The summed E-state index contributed by atoms with van der Waals surface area (Å²) in [6.07, 6.45) is 8.01. The van der Waals surface area contributed by atoms with E-state index in [0.717, 1.165) is 51.4 Å². The van der Waals surface area contributed by atoms with Gasteiger partial charge in [-0.1, -0.05) is 83.3 Å². The molecule has 0 saturated heterocycles. The molecule has 0 saturated carbocycles. The van der Waals surface area contributed by atoms with Crippen molar-refractivity contribution in [1.82, 2.24) is 10.2 Å². The van der Waals surface area contributed by atoms with Crippen molar-refractivity contribution < 1.29 is 14.3 Å². The molecule has 0 fully saturated rings. The molecular formula is C33H46ClN3O3. The van der Waals surface area contributed by atoms with Gasteiger partial charge in [0.2, 0.25) is 0 Å². The molecule has 0 amide bonds. The number of hydrogen-bond acceptors (Lipinski definition) is 5. The largest absolute Gasteiger partial charge is 0.497 e. The van der Waals surface area contributed by atoms with Crippen LogP contribution in [0.4, 0.5) is 0 Å². The van der Waals surface area contributed by atoms with Gasteiger partial charge in [0.05, 0.1) is 25.8 Å². The highest BCUT2D eigenvalue weighted by atomic mass is 35.5. The number of allylic oxidation sites excluding steroid dienone is 2. The lowest BCUT2D eigenvalue weighted by Gasteiger charge is -2.26. The van der Waals surface area contributed by atoms with Gasteiger partial charge in [0.1, 0.15) is 16.7 Å². The van der Waals surface area contributed by atoms with E-state index in [1.807, 2.05) is 57.2 Å². The number of aromatic amines is 1. The molecule has 2 aromatic carbocycles. The number of nitrogens with zero attached hydrogens (tertiary/aromatic N) is 1. The lowest BCUT2D eigenvalue weighted by molar-refractivity contribution is -0.118. The van der Waals surface area contributed by atoms with E-state index in [1.54, 1.807) is 13.3 Å². The van der Waals surface area contributed by atoms with E-state index in [9.17, 15) is 4.79 Å². The second-order valence-corrected chi connectivity index (χ2v) is 10.2. The van der Waals surface area contributed by atoms with Crippen LogP contribution in [-0.4, -0.2) is 36.2 Å². The Balaban J connectivity index is 0.000000622. The normalized spacial score (nSPS) is 14.2. The van der Waals surface area contributed by atoms with E-state index in [4.69, 9.17) is 26.8 Å². The number of Topliss-reactive ketones (excluding diaryl/α,β-unsaturated/α-hetero) is 1. The summed E-state index contributed by atoms with van der Waals surface area (Å²) in [5.41, 5.74) is 10.8. The quantitative estimate of drug-likeness (QED) is 0.201. The van der Waals surface area contributed by atoms with Crippen molar-refractivity contribution in [3.8, 4) is 22.6 Å². The summed E-state index contributed by atoms with van der Waals surface area (Å²) in [5.74, 6) is 1.66. The maximum Gasteiger partial charge on any atom is 0.169 e. The fraction of sp³-hybridized carbons (Fsp3) is 0.455. The Morgan fingerprint density at radius 3 is 2.52 bits per heavy atom. The highest BCUT2D eigenvalue weighted by Crippen LogP contribution is 2.36. The molecule has 0 aliphatic carbocycles. The Labute approximate surface area is 245 Å². The number of nitrogens with two attached hydrogens (primary N) is 1. The summed E-state index contributed by atoms with van der Waals surface area (Å²) < 4.78 is 11.3. The maximum absolute atomic E-state index is 13.6. The third-order valence-electron chi connectivity index (χ3n) is 6.77. The smallest absolute Gasteiger partial charge is 0.169 e. The number of fused-ring (bicyclic) bond motifs is 1. The van der Waals surface area contributed by atoms with Crippen LogP contribution in [0.5, 0.6) is 11.5 Å². The number of carbonyl (C=O) groups is 1. The molecular weight excluding hydrogens is 522 g/mol. The fourth-order valence-corrected chi connectivity index (χ4v) is 4.84. The molecule has 4 rings (SSSR count). The zero-order valence-corrected chi connectivity index (χ0v) is 25.9. The molecule has 0 spiro atoms. The first-order valence-corrected chi connectivity index (χ1v) is 14.8. The third kappa shape index (κ3) is 8.45. The molecule has 40 heavy (non-hydrogen) atoms. The first kappa shape index (κ1) is 33.1. The molecule has 1 unspecified atom stereocenters.